The number of esters is 2. The highest BCUT2D eigenvalue weighted by Crippen LogP contribution is 2.42. The van der Waals surface area contributed by atoms with Crippen LogP contribution in [0.4, 0.5) is 0 Å². The fraction of sp³-hybridized carbons (Fsp3) is 0.706. The van der Waals surface area contributed by atoms with E-state index < -0.39 is 53.2 Å². The fourth-order valence-corrected chi connectivity index (χ4v) is 2.32. The number of rotatable bonds is 5. The van der Waals surface area contributed by atoms with Crippen LogP contribution in [0.25, 0.3) is 0 Å². The molecular formula is C17H26O7. The summed E-state index contributed by atoms with van der Waals surface area (Å²) in [5, 5.41) is 9.44. The molecule has 1 fully saturated rings. The zero-order valence-corrected chi connectivity index (χ0v) is 15.0. The van der Waals surface area contributed by atoms with E-state index in [0.717, 1.165) is 6.08 Å². The van der Waals surface area contributed by atoms with Crippen LogP contribution in [0.15, 0.2) is 12.7 Å². The van der Waals surface area contributed by atoms with Crippen LogP contribution in [-0.2, 0) is 28.6 Å². The van der Waals surface area contributed by atoms with Crippen LogP contribution in [0.1, 0.15) is 48.0 Å². The molecule has 1 rings (SSSR count). The van der Waals surface area contributed by atoms with Crippen molar-refractivity contribution in [3.05, 3.63) is 12.7 Å². The molecule has 7 nitrogen and oxygen atoms in total. The lowest BCUT2D eigenvalue weighted by Gasteiger charge is -2.31. The molecule has 1 heterocycles. The Morgan fingerprint density at radius 1 is 1.33 bits per heavy atom. The van der Waals surface area contributed by atoms with Crippen LogP contribution >= 0.6 is 0 Å². The Morgan fingerprint density at radius 2 is 1.88 bits per heavy atom. The third kappa shape index (κ3) is 4.35. The van der Waals surface area contributed by atoms with E-state index in [4.69, 9.17) is 14.2 Å². The zero-order valence-electron chi connectivity index (χ0n) is 15.0. The van der Waals surface area contributed by atoms with Crippen molar-refractivity contribution in [2.45, 2.75) is 65.5 Å². The number of cyclic esters (lactones) is 1. The molecule has 3 atom stereocenters. The number of carboxylic acids is 1. The molecule has 0 amide bonds. The first kappa shape index (κ1) is 20.2. The van der Waals surface area contributed by atoms with E-state index in [2.05, 4.69) is 6.58 Å². The van der Waals surface area contributed by atoms with E-state index in [9.17, 15) is 19.5 Å². The van der Waals surface area contributed by atoms with E-state index >= 15 is 0 Å². The average Bonchev–Trinajstić information content (AvgIpc) is 2.65. The molecule has 0 radical (unpaired) electrons. The van der Waals surface area contributed by atoms with Crippen molar-refractivity contribution in [1.29, 1.82) is 0 Å². The maximum atomic E-state index is 12.5. The number of hydrogen-bond acceptors (Lipinski definition) is 6. The molecule has 1 aliphatic heterocycles. The number of aliphatic carboxylic acids is 1. The lowest BCUT2D eigenvalue weighted by Crippen LogP contribution is -2.50. The van der Waals surface area contributed by atoms with Gasteiger partial charge in [0, 0.05) is 5.41 Å². The van der Waals surface area contributed by atoms with Crippen LogP contribution in [0.5, 0.6) is 0 Å². The minimum absolute atomic E-state index is 0.571. The minimum atomic E-state index is -1.99. The largest absolute Gasteiger partial charge is 0.481 e. The summed E-state index contributed by atoms with van der Waals surface area (Å²) in [5.74, 6) is -4.42. The van der Waals surface area contributed by atoms with E-state index in [-0.39, 0.29) is 0 Å². The lowest BCUT2D eigenvalue weighted by molar-refractivity contribution is -0.181. The number of carboxylic acid groups (broad SMARTS) is 1. The summed E-state index contributed by atoms with van der Waals surface area (Å²) in [6, 6.07) is 0. The maximum absolute atomic E-state index is 12.5. The Kier molecular flexibility index (Phi) is 5.50. The van der Waals surface area contributed by atoms with Gasteiger partial charge in [-0.25, -0.2) is 4.79 Å². The molecule has 1 saturated heterocycles. The van der Waals surface area contributed by atoms with Gasteiger partial charge in [0.2, 0.25) is 6.29 Å². The van der Waals surface area contributed by atoms with E-state index in [0.29, 0.717) is 0 Å². The summed E-state index contributed by atoms with van der Waals surface area (Å²) >= 11 is 0. The minimum Gasteiger partial charge on any atom is -0.481 e. The van der Waals surface area contributed by atoms with Crippen molar-refractivity contribution in [2.24, 2.45) is 11.3 Å². The second-order valence-electron chi connectivity index (χ2n) is 7.93. The van der Waals surface area contributed by atoms with Gasteiger partial charge in [0.25, 0.3) is 0 Å². The van der Waals surface area contributed by atoms with Gasteiger partial charge in [0.05, 0.1) is 6.42 Å². The Labute approximate surface area is 142 Å². The highest BCUT2D eigenvalue weighted by Gasteiger charge is 2.60. The monoisotopic (exact) mass is 342 g/mol. The zero-order chi connectivity index (χ0) is 18.9. The number of ether oxygens (including phenoxy) is 3. The number of carbonyl (C=O) groups is 3. The second kappa shape index (κ2) is 6.55. The van der Waals surface area contributed by atoms with Crippen LogP contribution in [0, 0.1) is 11.3 Å². The molecule has 0 aromatic carbocycles. The first-order valence-electron chi connectivity index (χ1n) is 7.69. The predicted octanol–water partition coefficient (Wildman–Crippen LogP) is 2.29. The van der Waals surface area contributed by atoms with Crippen molar-refractivity contribution in [3.63, 3.8) is 0 Å². The van der Waals surface area contributed by atoms with E-state index in [1.54, 1.807) is 41.5 Å². The molecule has 0 spiro atoms. The molecule has 0 aromatic heterocycles. The topological polar surface area (TPSA) is 99.1 Å². The van der Waals surface area contributed by atoms with Gasteiger partial charge in [-0.3, -0.25) is 9.59 Å². The van der Waals surface area contributed by atoms with Crippen molar-refractivity contribution >= 4 is 17.9 Å². The van der Waals surface area contributed by atoms with Gasteiger partial charge in [-0.15, -0.1) is 6.58 Å². The molecule has 0 aliphatic carbocycles. The summed E-state index contributed by atoms with van der Waals surface area (Å²) in [5.41, 5.74) is -3.36. The molecule has 0 bridgehead atoms. The summed E-state index contributed by atoms with van der Waals surface area (Å²) in [6.45, 7) is 13.8. The summed E-state index contributed by atoms with van der Waals surface area (Å²) in [6.07, 6.45) is -0.480. The Hall–Kier alpha value is -1.89. The summed E-state index contributed by atoms with van der Waals surface area (Å²) in [4.78, 5) is 36.3. The molecule has 24 heavy (non-hydrogen) atoms. The van der Waals surface area contributed by atoms with Crippen LogP contribution in [0.2, 0.25) is 0 Å². The Morgan fingerprint density at radius 3 is 2.21 bits per heavy atom. The van der Waals surface area contributed by atoms with Gasteiger partial charge in [-0.05, 0) is 20.8 Å². The SMILES string of the molecule is C=C[C@H](C(=O)O)[C@]1(CC(=O)OC(C)(C)C)O[C@H](C(C)(C)C)OC1=O. The third-order valence-corrected chi connectivity index (χ3v) is 3.42. The molecule has 0 aromatic rings. The first-order chi connectivity index (χ1) is 10.7. The molecule has 1 aliphatic rings. The lowest BCUT2D eigenvalue weighted by atomic mass is 9.84. The first-order valence-corrected chi connectivity index (χ1v) is 7.69. The van der Waals surface area contributed by atoms with Crippen LogP contribution in [-0.4, -0.2) is 40.5 Å². The highest BCUT2D eigenvalue weighted by atomic mass is 16.8. The van der Waals surface area contributed by atoms with Crippen molar-refractivity contribution < 1.29 is 33.7 Å². The van der Waals surface area contributed by atoms with Gasteiger partial charge in [-0.1, -0.05) is 26.8 Å². The molecule has 7 heteroatoms. The maximum Gasteiger partial charge on any atom is 0.342 e. The molecular weight excluding hydrogens is 316 g/mol. The Bertz CT molecular complexity index is 538. The predicted molar refractivity (Wildman–Crippen MR) is 84.9 cm³/mol. The summed E-state index contributed by atoms with van der Waals surface area (Å²) < 4.78 is 16.1. The van der Waals surface area contributed by atoms with Gasteiger partial charge >= 0.3 is 17.9 Å². The highest BCUT2D eigenvalue weighted by molar-refractivity contribution is 5.93. The quantitative estimate of drug-likeness (QED) is 0.604. The van der Waals surface area contributed by atoms with Crippen molar-refractivity contribution in [3.8, 4) is 0 Å². The van der Waals surface area contributed by atoms with Crippen LogP contribution < -0.4 is 0 Å². The van der Waals surface area contributed by atoms with E-state index in [1.807, 2.05) is 0 Å². The van der Waals surface area contributed by atoms with Gasteiger partial charge in [0.15, 0.2) is 5.60 Å². The van der Waals surface area contributed by atoms with Gasteiger partial charge in [0.1, 0.15) is 11.5 Å². The second-order valence-corrected chi connectivity index (χ2v) is 7.93. The third-order valence-electron chi connectivity index (χ3n) is 3.42. The normalized spacial score (nSPS) is 25.8. The Balaban J connectivity index is 3.24. The number of hydrogen-bond donors (Lipinski definition) is 1. The van der Waals surface area contributed by atoms with Crippen molar-refractivity contribution in [2.75, 3.05) is 0 Å². The molecule has 0 unspecified atom stereocenters. The summed E-state index contributed by atoms with van der Waals surface area (Å²) in [7, 11) is 0. The standard InChI is InChI=1S/C17H26O7/c1-8-10(12(19)20)17(9-11(18)23-16(5,6)7)13(21)22-14(24-17)15(2,3)4/h8,10,14H,1,9H2,2-7H3,(H,19,20)/t10-,14-,17+/m1/s1. The van der Waals surface area contributed by atoms with Crippen LogP contribution in [0.3, 0.4) is 0 Å². The molecule has 136 valence electrons. The fourth-order valence-electron chi connectivity index (χ4n) is 2.32. The van der Waals surface area contributed by atoms with Gasteiger partial charge < -0.3 is 19.3 Å². The van der Waals surface area contributed by atoms with Gasteiger partial charge in [-0.2, -0.15) is 0 Å². The molecule has 0 saturated carbocycles. The smallest absolute Gasteiger partial charge is 0.342 e. The van der Waals surface area contributed by atoms with Crippen molar-refractivity contribution in [1.82, 2.24) is 0 Å². The molecule has 1 N–H and O–H groups in total. The van der Waals surface area contributed by atoms with E-state index in [1.165, 1.54) is 0 Å². The number of carbonyl (C=O) groups excluding carboxylic acids is 2. The average molecular weight is 342 g/mol.